The van der Waals surface area contributed by atoms with Crippen molar-refractivity contribution in [2.75, 3.05) is 6.61 Å². The molecule has 1 aromatic heterocycles. The van der Waals surface area contributed by atoms with Crippen molar-refractivity contribution >= 4 is 32.8 Å². The Bertz CT molecular complexity index is 1480. The molecule has 0 saturated carbocycles. The van der Waals surface area contributed by atoms with Crippen LogP contribution in [0.25, 0.3) is 11.0 Å². The van der Waals surface area contributed by atoms with E-state index in [0.29, 0.717) is 23.1 Å². The van der Waals surface area contributed by atoms with Gasteiger partial charge in [-0.25, -0.2) is 4.39 Å². The summed E-state index contributed by atoms with van der Waals surface area (Å²) in [4.78, 5) is 28.9. The molecule has 0 aliphatic carbocycles. The van der Waals surface area contributed by atoms with Crippen LogP contribution in [0.3, 0.4) is 0 Å². The Balaban J connectivity index is 1.53. The van der Waals surface area contributed by atoms with Crippen LogP contribution in [0.15, 0.2) is 80.4 Å². The van der Waals surface area contributed by atoms with Crippen LogP contribution in [0.5, 0.6) is 5.75 Å². The number of rotatable bonds is 9. The number of benzene rings is 3. The van der Waals surface area contributed by atoms with E-state index in [1.165, 1.54) is 25.0 Å². The molecule has 0 bridgehead atoms. The van der Waals surface area contributed by atoms with Gasteiger partial charge in [-0.3, -0.25) is 9.59 Å². The van der Waals surface area contributed by atoms with E-state index in [1.54, 1.807) is 35.2 Å². The van der Waals surface area contributed by atoms with Gasteiger partial charge in [-0.15, -0.1) is 0 Å². The van der Waals surface area contributed by atoms with Crippen LogP contribution in [0.1, 0.15) is 65.9 Å². The van der Waals surface area contributed by atoms with Crippen LogP contribution < -0.4 is 10.2 Å². The SMILES string of the molecule is CCCCCCOc1ccc(C2c3c(oc4ccc(Br)cc4c3=O)C(=O)N2Cc2ccc(F)cc2)cc1. The smallest absolute Gasteiger partial charge is 0.291 e. The monoisotopic (exact) mass is 563 g/mol. The van der Waals surface area contributed by atoms with Gasteiger partial charge in [0.25, 0.3) is 5.91 Å². The summed E-state index contributed by atoms with van der Waals surface area (Å²) in [6.07, 6.45) is 4.49. The number of nitrogens with zero attached hydrogens (tertiary/aromatic N) is 1. The molecule has 1 aliphatic rings. The molecule has 0 spiro atoms. The molecule has 4 aromatic rings. The number of amides is 1. The molecule has 5 rings (SSSR count). The predicted molar refractivity (Wildman–Crippen MR) is 144 cm³/mol. The quantitative estimate of drug-likeness (QED) is 0.199. The molecule has 5 nitrogen and oxygen atoms in total. The molecular weight excluding hydrogens is 537 g/mol. The van der Waals surface area contributed by atoms with E-state index in [0.717, 1.165) is 34.2 Å². The summed E-state index contributed by atoms with van der Waals surface area (Å²) in [6, 6.07) is 18.0. The van der Waals surface area contributed by atoms with Gasteiger partial charge in [-0.05, 0) is 60.0 Å². The first-order valence-corrected chi connectivity index (χ1v) is 13.3. The highest BCUT2D eigenvalue weighted by Gasteiger charge is 2.42. The van der Waals surface area contributed by atoms with Gasteiger partial charge in [0.05, 0.1) is 23.6 Å². The zero-order valence-corrected chi connectivity index (χ0v) is 22.1. The van der Waals surface area contributed by atoms with Crippen molar-refractivity contribution < 1.29 is 18.3 Å². The molecule has 3 aromatic carbocycles. The fourth-order valence-electron chi connectivity index (χ4n) is 4.75. The Morgan fingerprint density at radius 2 is 1.73 bits per heavy atom. The molecule has 0 radical (unpaired) electrons. The zero-order valence-electron chi connectivity index (χ0n) is 20.5. The molecule has 1 amide bonds. The maximum absolute atomic E-state index is 13.7. The third-order valence-electron chi connectivity index (χ3n) is 6.66. The van der Waals surface area contributed by atoms with Crippen molar-refractivity contribution in [2.45, 2.75) is 45.2 Å². The van der Waals surface area contributed by atoms with Gasteiger partial charge in [-0.1, -0.05) is 66.4 Å². The van der Waals surface area contributed by atoms with E-state index in [4.69, 9.17) is 9.15 Å². The van der Waals surface area contributed by atoms with Gasteiger partial charge in [0.1, 0.15) is 17.1 Å². The molecule has 7 heteroatoms. The molecular formula is C30H27BrFNO4. The lowest BCUT2D eigenvalue weighted by Crippen LogP contribution is -2.29. The minimum atomic E-state index is -0.647. The number of ether oxygens (including phenoxy) is 1. The van der Waals surface area contributed by atoms with Crippen molar-refractivity contribution in [3.63, 3.8) is 0 Å². The van der Waals surface area contributed by atoms with Crippen molar-refractivity contribution in [1.29, 1.82) is 0 Å². The lowest BCUT2D eigenvalue weighted by Gasteiger charge is -2.25. The Labute approximate surface area is 223 Å². The summed E-state index contributed by atoms with van der Waals surface area (Å²) in [6.45, 7) is 3.02. The summed E-state index contributed by atoms with van der Waals surface area (Å²) in [7, 11) is 0. The number of hydrogen-bond donors (Lipinski definition) is 0. The van der Waals surface area contributed by atoms with Crippen LogP contribution in [0.4, 0.5) is 4.39 Å². The molecule has 190 valence electrons. The minimum absolute atomic E-state index is 0.0446. The van der Waals surface area contributed by atoms with Crippen molar-refractivity contribution in [2.24, 2.45) is 0 Å². The summed E-state index contributed by atoms with van der Waals surface area (Å²) in [5, 5.41) is 0.404. The van der Waals surface area contributed by atoms with Crippen LogP contribution in [-0.2, 0) is 6.54 Å². The second kappa shape index (κ2) is 10.9. The largest absolute Gasteiger partial charge is 0.494 e. The number of carbonyl (C=O) groups excluding carboxylic acids is 1. The molecule has 0 saturated heterocycles. The van der Waals surface area contributed by atoms with Crippen molar-refractivity contribution in [3.05, 3.63) is 110 Å². The number of unbranched alkanes of at least 4 members (excludes halogenated alkanes) is 3. The Morgan fingerprint density at radius 3 is 2.46 bits per heavy atom. The summed E-state index contributed by atoms with van der Waals surface area (Å²) in [5.74, 6) is 0.0605. The molecule has 2 heterocycles. The molecule has 1 atom stereocenters. The van der Waals surface area contributed by atoms with Crippen LogP contribution >= 0.6 is 15.9 Å². The van der Waals surface area contributed by atoms with Crippen LogP contribution in [0.2, 0.25) is 0 Å². The minimum Gasteiger partial charge on any atom is -0.494 e. The number of hydrogen-bond acceptors (Lipinski definition) is 4. The standard InChI is InChI=1S/C30H27BrFNO4/c1-2-3-4-5-16-36-23-13-8-20(9-14-23)27-26-28(34)24-17-21(31)10-15-25(24)37-29(26)30(35)33(27)18-19-6-11-22(32)12-7-19/h6-15,17,27H,2-5,16,18H2,1H3. The first-order valence-electron chi connectivity index (χ1n) is 12.5. The second-order valence-corrected chi connectivity index (χ2v) is 10.2. The van der Waals surface area contributed by atoms with Gasteiger partial charge >= 0.3 is 0 Å². The van der Waals surface area contributed by atoms with E-state index >= 15 is 0 Å². The van der Waals surface area contributed by atoms with Crippen LogP contribution in [-0.4, -0.2) is 17.4 Å². The lowest BCUT2D eigenvalue weighted by molar-refractivity contribution is 0.0714. The fourth-order valence-corrected chi connectivity index (χ4v) is 5.12. The zero-order chi connectivity index (χ0) is 25.9. The van der Waals surface area contributed by atoms with E-state index < -0.39 is 6.04 Å². The molecule has 0 N–H and O–H groups in total. The lowest BCUT2D eigenvalue weighted by atomic mass is 9.98. The van der Waals surface area contributed by atoms with E-state index in [1.807, 2.05) is 24.3 Å². The van der Waals surface area contributed by atoms with Gasteiger partial charge < -0.3 is 14.1 Å². The fraction of sp³-hybridized carbons (Fsp3) is 0.267. The normalized spacial score (nSPS) is 14.8. The number of fused-ring (bicyclic) bond motifs is 2. The second-order valence-electron chi connectivity index (χ2n) is 9.25. The number of carbonyl (C=O) groups is 1. The average molecular weight is 564 g/mol. The van der Waals surface area contributed by atoms with Crippen LogP contribution in [0, 0.1) is 5.82 Å². The molecule has 0 fully saturated rings. The molecule has 1 unspecified atom stereocenters. The van der Waals surface area contributed by atoms with Gasteiger partial charge in [0.15, 0.2) is 5.43 Å². The maximum atomic E-state index is 13.7. The Hall–Kier alpha value is -3.45. The highest BCUT2D eigenvalue weighted by atomic mass is 79.9. The first kappa shape index (κ1) is 25.2. The first-order chi connectivity index (χ1) is 18.0. The topological polar surface area (TPSA) is 59.8 Å². The average Bonchev–Trinajstić information content (AvgIpc) is 3.17. The highest BCUT2D eigenvalue weighted by Crippen LogP contribution is 2.39. The summed E-state index contributed by atoms with van der Waals surface area (Å²) < 4.78 is 26.2. The van der Waals surface area contributed by atoms with E-state index in [2.05, 4.69) is 22.9 Å². The molecule has 37 heavy (non-hydrogen) atoms. The Kier molecular flexibility index (Phi) is 7.42. The van der Waals surface area contributed by atoms with Gasteiger partial charge in [0.2, 0.25) is 5.76 Å². The third kappa shape index (κ3) is 5.18. The van der Waals surface area contributed by atoms with Crippen molar-refractivity contribution in [1.82, 2.24) is 4.90 Å². The highest BCUT2D eigenvalue weighted by molar-refractivity contribution is 9.10. The van der Waals surface area contributed by atoms with E-state index in [-0.39, 0.29) is 29.5 Å². The van der Waals surface area contributed by atoms with E-state index in [9.17, 15) is 14.0 Å². The Morgan fingerprint density at radius 1 is 0.973 bits per heavy atom. The summed E-state index contributed by atoms with van der Waals surface area (Å²) in [5.41, 5.74) is 1.95. The molecule has 1 aliphatic heterocycles. The number of halogens is 2. The van der Waals surface area contributed by atoms with Gasteiger partial charge in [-0.2, -0.15) is 0 Å². The van der Waals surface area contributed by atoms with Gasteiger partial charge in [0, 0.05) is 11.0 Å². The predicted octanol–water partition coefficient (Wildman–Crippen LogP) is 7.40. The third-order valence-corrected chi connectivity index (χ3v) is 7.15. The maximum Gasteiger partial charge on any atom is 0.291 e. The summed E-state index contributed by atoms with van der Waals surface area (Å²) >= 11 is 3.42. The van der Waals surface area contributed by atoms with Crippen molar-refractivity contribution in [3.8, 4) is 5.75 Å².